The Balaban J connectivity index is 1.94. The molecule has 0 aliphatic heterocycles. The Labute approximate surface area is 127 Å². The minimum Gasteiger partial charge on any atom is -0.310 e. The average Bonchev–Trinajstić information content (AvgIpc) is 2.84. The summed E-state index contributed by atoms with van der Waals surface area (Å²) in [5.74, 6) is 0.357. The molecule has 1 N–H and O–H groups in total. The number of aromatic nitrogens is 2. The first-order chi connectivity index (χ1) is 10.2. The Hall–Kier alpha value is -2.33. The second-order valence-electron chi connectivity index (χ2n) is 4.63. The maximum absolute atomic E-state index is 12.3. The van der Waals surface area contributed by atoms with Crippen LogP contribution >= 0.6 is 11.6 Å². The van der Waals surface area contributed by atoms with Crippen LogP contribution in [0.15, 0.2) is 48.5 Å². The molecule has 3 aromatic rings. The largest absolute Gasteiger partial charge is 0.310 e. The van der Waals surface area contributed by atoms with Gasteiger partial charge in [-0.2, -0.15) is 0 Å². The van der Waals surface area contributed by atoms with Gasteiger partial charge in [-0.25, -0.2) is 4.98 Å². The normalized spacial score (nSPS) is 10.8. The van der Waals surface area contributed by atoms with E-state index in [1.165, 1.54) is 0 Å². The summed E-state index contributed by atoms with van der Waals surface area (Å²) in [5.41, 5.74) is 2.42. The fourth-order valence-electron chi connectivity index (χ4n) is 2.27. The van der Waals surface area contributed by atoms with Crippen molar-refractivity contribution in [2.45, 2.75) is 13.5 Å². The number of halogens is 1. The topological polar surface area (TPSA) is 46.9 Å². The first kappa shape index (κ1) is 13.6. The second kappa shape index (κ2) is 5.58. The van der Waals surface area contributed by atoms with Gasteiger partial charge in [0, 0.05) is 17.1 Å². The molecule has 2 aromatic carbocycles. The van der Waals surface area contributed by atoms with E-state index < -0.39 is 0 Å². The Morgan fingerprint density at radius 1 is 1.19 bits per heavy atom. The molecule has 4 nitrogen and oxygen atoms in total. The molecule has 0 atom stereocenters. The molecule has 106 valence electrons. The number of aryl methyl sites for hydroxylation is 1. The highest BCUT2D eigenvalue weighted by Crippen LogP contribution is 2.20. The monoisotopic (exact) mass is 299 g/mol. The number of amides is 1. The molecule has 3 rings (SSSR count). The molecule has 5 heteroatoms. The van der Waals surface area contributed by atoms with E-state index in [0.717, 1.165) is 17.6 Å². The number of nitrogens with one attached hydrogen (secondary N) is 1. The summed E-state index contributed by atoms with van der Waals surface area (Å²) in [5, 5.41) is 3.46. The van der Waals surface area contributed by atoms with Crippen LogP contribution in [0.3, 0.4) is 0 Å². The molecule has 1 aromatic heterocycles. The standard InChI is InChI=1S/C16H14ClN3O/c1-2-20-14-6-4-3-5-13(14)18-16(20)19-15(21)11-7-9-12(17)10-8-11/h3-10H,2H2,1H3,(H,18,19,21). The molecule has 1 heterocycles. The van der Waals surface area contributed by atoms with Crippen molar-refractivity contribution in [1.82, 2.24) is 9.55 Å². The fraction of sp³-hybridized carbons (Fsp3) is 0.125. The molecule has 0 bridgehead atoms. The minimum atomic E-state index is -0.198. The van der Waals surface area contributed by atoms with Gasteiger partial charge in [-0.1, -0.05) is 23.7 Å². The third kappa shape index (κ3) is 2.62. The third-order valence-electron chi connectivity index (χ3n) is 3.30. The van der Waals surface area contributed by atoms with Crippen molar-refractivity contribution in [2.75, 3.05) is 5.32 Å². The predicted octanol–water partition coefficient (Wildman–Crippen LogP) is 3.96. The van der Waals surface area contributed by atoms with Crippen molar-refractivity contribution in [3.8, 4) is 0 Å². The Kier molecular flexibility index (Phi) is 3.62. The smallest absolute Gasteiger partial charge is 0.257 e. The maximum atomic E-state index is 12.3. The highest BCUT2D eigenvalue weighted by molar-refractivity contribution is 6.30. The number of imidazole rings is 1. The summed E-state index contributed by atoms with van der Waals surface area (Å²) >= 11 is 5.83. The Morgan fingerprint density at radius 3 is 2.62 bits per heavy atom. The molecular formula is C16H14ClN3O. The molecule has 0 aliphatic rings. The van der Waals surface area contributed by atoms with E-state index in [4.69, 9.17) is 11.6 Å². The van der Waals surface area contributed by atoms with Gasteiger partial charge < -0.3 is 4.57 Å². The van der Waals surface area contributed by atoms with Gasteiger partial charge in [-0.05, 0) is 43.3 Å². The zero-order chi connectivity index (χ0) is 14.8. The van der Waals surface area contributed by atoms with Gasteiger partial charge in [-0.3, -0.25) is 10.1 Å². The summed E-state index contributed by atoms with van der Waals surface area (Å²) in [7, 11) is 0. The SMILES string of the molecule is CCn1c(NC(=O)c2ccc(Cl)cc2)nc2ccccc21. The number of benzene rings is 2. The number of para-hydroxylation sites is 2. The van der Waals surface area contributed by atoms with Crippen LogP contribution in [0.1, 0.15) is 17.3 Å². The Morgan fingerprint density at radius 2 is 1.90 bits per heavy atom. The first-order valence-corrected chi connectivity index (χ1v) is 7.09. The van der Waals surface area contributed by atoms with Crippen LogP contribution < -0.4 is 5.32 Å². The number of carbonyl (C=O) groups excluding carboxylic acids is 1. The van der Waals surface area contributed by atoms with Crippen LogP contribution in [0.4, 0.5) is 5.95 Å². The molecular weight excluding hydrogens is 286 g/mol. The van der Waals surface area contributed by atoms with Gasteiger partial charge in [0.1, 0.15) is 0 Å². The van der Waals surface area contributed by atoms with Crippen molar-refractivity contribution in [2.24, 2.45) is 0 Å². The van der Waals surface area contributed by atoms with Gasteiger partial charge in [0.2, 0.25) is 5.95 Å². The number of anilines is 1. The average molecular weight is 300 g/mol. The Bertz CT molecular complexity index is 793. The van der Waals surface area contributed by atoms with Crippen LogP contribution in [-0.2, 0) is 6.54 Å². The maximum Gasteiger partial charge on any atom is 0.257 e. The minimum absolute atomic E-state index is 0.198. The molecule has 0 saturated heterocycles. The molecule has 21 heavy (non-hydrogen) atoms. The van der Waals surface area contributed by atoms with Crippen molar-refractivity contribution in [1.29, 1.82) is 0 Å². The molecule has 0 saturated carbocycles. The fourth-order valence-corrected chi connectivity index (χ4v) is 2.39. The number of carbonyl (C=O) groups is 1. The van der Waals surface area contributed by atoms with Crippen LogP contribution in [0.25, 0.3) is 11.0 Å². The number of fused-ring (bicyclic) bond motifs is 1. The molecule has 0 radical (unpaired) electrons. The van der Waals surface area contributed by atoms with Crippen molar-refractivity contribution in [3.63, 3.8) is 0 Å². The highest BCUT2D eigenvalue weighted by atomic mass is 35.5. The van der Waals surface area contributed by atoms with Crippen molar-refractivity contribution < 1.29 is 4.79 Å². The lowest BCUT2D eigenvalue weighted by Gasteiger charge is -2.07. The zero-order valence-corrected chi connectivity index (χ0v) is 12.3. The van der Waals surface area contributed by atoms with Gasteiger partial charge in [0.15, 0.2) is 0 Å². The molecule has 0 fully saturated rings. The van der Waals surface area contributed by atoms with Crippen molar-refractivity contribution in [3.05, 3.63) is 59.1 Å². The lowest BCUT2D eigenvalue weighted by molar-refractivity contribution is 0.102. The molecule has 1 amide bonds. The summed E-state index contributed by atoms with van der Waals surface area (Å²) in [6, 6.07) is 14.6. The van der Waals surface area contributed by atoms with E-state index in [9.17, 15) is 4.79 Å². The first-order valence-electron chi connectivity index (χ1n) is 6.71. The number of hydrogen-bond acceptors (Lipinski definition) is 2. The van der Waals surface area contributed by atoms with Crippen LogP contribution in [0.5, 0.6) is 0 Å². The van der Waals surface area contributed by atoms with E-state index in [2.05, 4.69) is 10.3 Å². The van der Waals surface area contributed by atoms with Crippen LogP contribution in [0, 0.1) is 0 Å². The number of nitrogens with zero attached hydrogens (tertiary/aromatic N) is 2. The number of hydrogen-bond donors (Lipinski definition) is 1. The van der Waals surface area contributed by atoms with E-state index >= 15 is 0 Å². The molecule has 0 unspecified atom stereocenters. The predicted molar refractivity (Wildman–Crippen MR) is 84.8 cm³/mol. The molecule has 0 aliphatic carbocycles. The number of rotatable bonds is 3. The van der Waals surface area contributed by atoms with E-state index in [0.29, 0.717) is 16.5 Å². The van der Waals surface area contributed by atoms with Gasteiger partial charge in [0.05, 0.1) is 11.0 Å². The lowest BCUT2D eigenvalue weighted by atomic mass is 10.2. The zero-order valence-electron chi connectivity index (χ0n) is 11.5. The van der Waals surface area contributed by atoms with E-state index in [1.54, 1.807) is 24.3 Å². The van der Waals surface area contributed by atoms with Gasteiger partial charge in [-0.15, -0.1) is 0 Å². The van der Waals surface area contributed by atoms with Crippen molar-refractivity contribution >= 4 is 34.5 Å². The second-order valence-corrected chi connectivity index (χ2v) is 5.07. The summed E-state index contributed by atoms with van der Waals surface area (Å²) in [6.07, 6.45) is 0. The van der Waals surface area contributed by atoms with E-state index in [-0.39, 0.29) is 5.91 Å². The lowest BCUT2D eigenvalue weighted by Crippen LogP contribution is -2.15. The quantitative estimate of drug-likeness (QED) is 0.795. The summed E-state index contributed by atoms with van der Waals surface area (Å²) < 4.78 is 1.98. The summed E-state index contributed by atoms with van der Waals surface area (Å²) in [6.45, 7) is 2.75. The van der Waals surface area contributed by atoms with Gasteiger partial charge in [0.25, 0.3) is 5.91 Å². The van der Waals surface area contributed by atoms with Crippen LogP contribution in [-0.4, -0.2) is 15.5 Å². The van der Waals surface area contributed by atoms with Gasteiger partial charge >= 0.3 is 0 Å². The van der Waals surface area contributed by atoms with Crippen LogP contribution in [0.2, 0.25) is 5.02 Å². The summed E-state index contributed by atoms with van der Waals surface area (Å²) in [4.78, 5) is 16.7. The van der Waals surface area contributed by atoms with E-state index in [1.807, 2.05) is 35.8 Å². The highest BCUT2D eigenvalue weighted by Gasteiger charge is 2.13. The third-order valence-corrected chi connectivity index (χ3v) is 3.55. The molecule has 0 spiro atoms.